The molecular formula is C24H28BrClN2O3. The van der Waals surface area contributed by atoms with Crippen molar-refractivity contribution >= 4 is 39.3 Å². The quantitative estimate of drug-likeness (QED) is 0.524. The molecule has 0 bridgehead atoms. The van der Waals surface area contributed by atoms with Crippen molar-refractivity contribution in [1.29, 1.82) is 0 Å². The van der Waals surface area contributed by atoms with Crippen LogP contribution in [0.25, 0.3) is 0 Å². The van der Waals surface area contributed by atoms with Crippen molar-refractivity contribution in [2.45, 2.75) is 57.7 Å². The number of carbonyl (C=O) groups excluding carboxylic acids is 2. The van der Waals surface area contributed by atoms with Crippen LogP contribution in [0, 0.1) is 0 Å². The Kier molecular flexibility index (Phi) is 8.79. The van der Waals surface area contributed by atoms with E-state index < -0.39 is 6.04 Å². The van der Waals surface area contributed by atoms with Gasteiger partial charge in [-0.3, -0.25) is 9.59 Å². The number of nitrogens with zero attached hydrogens (tertiary/aromatic N) is 1. The van der Waals surface area contributed by atoms with Gasteiger partial charge in [0, 0.05) is 17.6 Å². The lowest BCUT2D eigenvalue weighted by Crippen LogP contribution is -2.51. The highest BCUT2D eigenvalue weighted by molar-refractivity contribution is 9.10. The average molecular weight is 508 g/mol. The van der Waals surface area contributed by atoms with E-state index in [1.165, 1.54) is 6.42 Å². The van der Waals surface area contributed by atoms with E-state index in [2.05, 4.69) is 21.2 Å². The second kappa shape index (κ2) is 11.5. The average Bonchev–Trinajstić information content (AvgIpc) is 2.77. The van der Waals surface area contributed by atoms with Gasteiger partial charge in [0.05, 0.1) is 4.47 Å². The number of rotatable bonds is 8. The lowest BCUT2D eigenvalue weighted by molar-refractivity contribution is -0.142. The van der Waals surface area contributed by atoms with Gasteiger partial charge in [-0.25, -0.2) is 0 Å². The third-order valence-corrected chi connectivity index (χ3v) is 6.41. The maximum Gasteiger partial charge on any atom is 0.261 e. The summed E-state index contributed by atoms with van der Waals surface area (Å²) in [6.45, 7) is 1.94. The van der Waals surface area contributed by atoms with E-state index in [0.717, 1.165) is 31.2 Å². The zero-order chi connectivity index (χ0) is 22.2. The van der Waals surface area contributed by atoms with Gasteiger partial charge in [0.2, 0.25) is 5.91 Å². The third-order valence-electron chi connectivity index (χ3n) is 5.56. The molecule has 2 aromatic rings. The highest BCUT2D eigenvalue weighted by Gasteiger charge is 2.28. The van der Waals surface area contributed by atoms with E-state index in [1.54, 1.807) is 30.0 Å². The van der Waals surface area contributed by atoms with Crippen LogP contribution in [0.4, 0.5) is 0 Å². The Balaban J connectivity index is 1.69. The van der Waals surface area contributed by atoms with Crippen LogP contribution >= 0.6 is 27.5 Å². The van der Waals surface area contributed by atoms with Crippen LogP contribution in [0.5, 0.6) is 5.75 Å². The largest absolute Gasteiger partial charge is 0.483 e. The van der Waals surface area contributed by atoms with Gasteiger partial charge in [0.25, 0.3) is 5.91 Å². The summed E-state index contributed by atoms with van der Waals surface area (Å²) in [6, 6.07) is 14.4. The molecule has 1 aliphatic rings. The van der Waals surface area contributed by atoms with Gasteiger partial charge in [0.1, 0.15) is 11.8 Å². The number of nitrogens with one attached hydrogen (secondary N) is 1. The van der Waals surface area contributed by atoms with Crippen LogP contribution in [0.3, 0.4) is 0 Å². The smallest absolute Gasteiger partial charge is 0.261 e. The standard InChI is InChI=1S/C24H28BrClN2O3/c1-17(24(30)27-20-10-6-3-7-11-20)28(15-18-8-4-2-5-9-18)23(29)16-31-22-13-12-19(26)14-21(22)25/h2,4-5,8-9,12-14,17,20H,3,6-7,10-11,15-16H2,1H3,(H,27,30). The molecule has 1 N–H and O–H groups in total. The van der Waals surface area contributed by atoms with Crippen molar-refractivity contribution in [1.82, 2.24) is 10.2 Å². The first-order valence-electron chi connectivity index (χ1n) is 10.7. The molecule has 0 spiro atoms. The van der Waals surface area contributed by atoms with Crippen LogP contribution in [0.2, 0.25) is 5.02 Å². The van der Waals surface area contributed by atoms with Crippen LogP contribution in [0.1, 0.15) is 44.6 Å². The molecule has 1 fully saturated rings. The molecule has 0 aliphatic heterocycles. The summed E-state index contributed by atoms with van der Waals surface area (Å²) >= 11 is 9.37. The van der Waals surface area contributed by atoms with E-state index in [4.69, 9.17) is 16.3 Å². The first kappa shape index (κ1) is 23.6. The highest BCUT2D eigenvalue weighted by atomic mass is 79.9. The first-order chi connectivity index (χ1) is 14.9. The molecule has 166 valence electrons. The minimum absolute atomic E-state index is 0.121. The van der Waals surface area contributed by atoms with Gasteiger partial charge in [-0.15, -0.1) is 0 Å². The molecule has 1 aliphatic carbocycles. The number of amides is 2. The lowest BCUT2D eigenvalue weighted by atomic mass is 9.95. The summed E-state index contributed by atoms with van der Waals surface area (Å²) in [4.78, 5) is 27.6. The Labute approximate surface area is 197 Å². The Bertz CT molecular complexity index is 888. The Morgan fingerprint density at radius 3 is 2.55 bits per heavy atom. The Morgan fingerprint density at radius 2 is 1.87 bits per heavy atom. The van der Waals surface area contributed by atoms with E-state index >= 15 is 0 Å². The monoisotopic (exact) mass is 506 g/mol. The lowest BCUT2D eigenvalue weighted by Gasteiger charge is -2.31. The fourth-order valence-corrected chi connectivity index (χ4v) is 4.54. The predicted octanol–water partition coefficient (Wildman–Crippen LogP) is 5.35. The van der Waals surface area contributed by atoms with E-state index in [1.807, 2.05) is 30.3 Å². The summed E-state index contributed by atoms with van der Waals surface area (Å²) < 4.78 is 6.40. The second-order valence-electron chi connectivity index (χ2n) is 7.89. The number of ether oxygens (including phenoxy) is 1. The van der Waals surface area contributed by atoms with Gasteiger partial charge in [-0.1, -0.05) is 61.2 Å². The maximum atomic E-state index is 13.1. The van der Waals surface area contributed by atoms with Gasteiger partial charge in [0.15, 0.2) is 6.61 Å². The third kappa shape index (κ3) is 6.97. The minimum atomic E-state index is -0.605. The molecule has 2 amide bonds. The zero-order valence-corrected chi connectivity index (χ0v) is 20.0. The van der Waals surface area contributed by atoms with E-state index in [0.29, 0.717) is 21.8 Å². The molecule has 3 rings (SSSR count). The van der Waals surface area contributed by atoms with Crippen LogP contribution in [-0.2, 0) is 16.1 Å². The molecule has 0 aromatic heterocycles. The Morgan fingerprint density at radius 1 is 1.16 bits per heavy atom. The van der Waals surface area contributed by atoms with Crippen LogP contribution < -0.4 is 10.1 Å². The van der Waals surface area contributed by atoms with E-state index in [9.17, 15) is 9.59 Å². The molecule has 0 heterocycles. The molecule has 1 atom stereocenters. The van der Waals surface area contributed by atoms with Crippen LogP contribution in [0.15, 0.2) is 53.0 Å². The summed E-state index contributed by atoms with van der Waals surface area (Å²) in [5.41, 5.74) is 0.959. The molecule has 5 nitrogen and oxygen atoms in total. The first-order valence-corrected chi connectivity index (χ1v) is 11.8. The van der Waals surface area contributed by atoms with Gasteiger partial charge in [-0.05, 0) is 59.5 Å². The number of hydrogen-bond donors (Lipinski definition) is 1. The summed E-state index contributed by atoms with van der Waals surface area (Å²) in [5.74, 6) is 0.151. The van der Waals surface area contributed by atoms with Crippen LogP contribution in [-0.4, -0.2) is 35.4 Å². The fraction of sp³-hybridized carbons (Fsp3) is 0.417. The van der Waals surface area contributed by atoms with Crippen molar-refractivity contribution in [3.63, 3.8) is 0 Å². The minimum Gasteiger partial charge on any atom is -0.483 e. The van der Waals surface area contributed by atoms with Gasteiger partial charge >= 0.3 is 0 Å². The molecule has 0 radical (unpaired) electrons. The van der Waals surface area contributed by atoms with Crippen molar-refractivity contribution in [3.05, 3.63) is 63.6 Å². The van der Waals surface area contributed by atoms with Crippen molar-refractivity contribution in [2.75, 3.05) is 6.61 Å². The molecule has 31 heavy (non-hydrogen) atoms. The van der Waals surface area contributed by atoms with Crippen molar-refractivity contribution < 1.29 is 14.3 Å². The van der Waals surface area contributed by atoms with Gasteiger partial charge < -0.3 is 15.0 Å². The molecular weight excluding hydrogens is 480 g/mol. The topological polar surface area (TPSA) is 58.6 Å². The Hall–Kier alpha value is -2.05. The SMILES string of the molecule is CC(C(=O)NC1CCCCC1)N(Cc1ccccc1)C(=O)COc1ccc(Cl)cc1Br. The molecule has 7 heteroatoms. The summed E-state index contributed by atoms with van der Waals surface area (Å²) in [6.07, 6.45) is 5.49. The molecule has 2 aromatic carbocycles. The summed E-state index contributed by atoms with van der Waals surface area (Å²) in [5, 5.41) is 3.71. The number of hydrogen-bond acceptors (Lipinski definition) is 3. The van der Waals surface area contributed by atoms with Gasteiger partial charge in [-0.2, -0.15) is 0 Å². The normalized spacial score (nSPS) is 15.2. The van der Waals surface area contributed by atoms with Crippen molar-refractivity contribution in [3.8, 4) is 5.75 Å². The second-order valence-corrected chi connectivity index (χ2v) is 9.18. The fourth-order valence-electron chi connectivity index (χ4n) is 3.75. The highest BCUT2D eigenvalue weighted by Crippen LogP contribution is 2.28. The number of benzene rings is 2. The number of halogens is 2. The predicted molar refractivity (Wildman–Crippen MR) is 126 cm³/mol. The van der Waals surface area contributed by atoms with E-state index in [-0.39, 0.29) is 24.5 Å². The van der Waals surface area contributed by atoms with Crippen molar-refractivity contribution in [2.24, 2.45) is 0 Å². The molecule has 0 saturated heterocycles. The zero-order valence-electron chi connectivity index (χ0n) is 17.7. The maximum absolute atomic E-state index is 13.1. The molecule has 1 unspecified atom stereocenters. The molecule has 1 saturated carbocycles. The number of carbonyl (C=O) groups is 2. The summed E-state index contributed by atoms with van der Waals surface area (Å²) in [7, 11) is 0.